The van der Waals surface area contributed by atoms with Gasteiger partial charge in [0.25, 0.3) is 0 Å². The van der Waals surface area contributed by atoms with Crippen LogP contribution in [0.15, 0.2) is 12.1 Å². The minimum Gasteiger partial charge on any atom is -0.444 e. The molecule has 156 valence electrons. The van der Waals surface area contributed by atoms with E-state index in [0.29, 0.717) is 0 Å². The lowest BCUT2D eigenvalue weighted by molar-refractivity contribution is -0.390. The van der Waals surface area contributed by atoms with Crippen molar-refractivity contribution in [1.82, 2.24) is 5.32 Å². The Kier molecular flexibility index (Phi) is 6.84. The van der Waals surface area contributed by atoms with Crippen molar-refractivity contribution in [2.24, 2.45) is 5.92 Å². The summed E-state index contributed by atoms with van der Waals surface area (Å²) in [7, 11) is 0. The molecule has 11 heteroatoms. The van der Waals surface area contributed by atoms with E-state index >= 15 is 0 Å². The number of carbonyl (C=O) groups excluding carboxylic acids is 1. The standard InChI is InChI=1S/C17H22F2N2O6S/c1-17(2,3)27-16(23)20-12-14(22)9(7-26-15(12)28)4-8-5-10(18)13(21(24)25)11(19)6-8/h5-6,9,12,14-15,22,28H,4,7H2,1-3H3,(H,20,23)/t9-,12+,14-,15?/m0/s1. The predicted molar refractivity (Wildman–Crippen MR) is 98.1 cm³/mol. The first kappa shape index (κ1) is 22.3. The summed E-state index contributed by atoms with van der Waals surface area (Å²) in [6, 6.07) is 0.762. The third-order valence-electron chi connectivity index (χ3n) is 4.08. The lowest BCUT2D eigenvalue weighted by atomic mass is 9.88. The first-order valence-electron chi connectivity index (χ1n) is 8.48. The summed E-state index contributed by atoms with van der Waals surface area (Å²) in [6.07, 6.45) is -1.95. The number of aliphatic hydroxyl groups is 1. The lowest BCUT2D eigenvalue weighted by Crippen LogP contribution is -2.57. The van der Waals surface area contributed by atoms with E-state index in [-0.39, 0.29) is 18.6 Å². The fourth-order valence-corrected chi connectivity index (χ4v) is 3.22. The van der Waals surface area contributed by atoms with Crippen LogP contribution in [0.3, 0.4) is 0 Å². The molecule has 0 aliphatic carbocycles. The third-order valence-corrected chi connectivity index (χ3v) is 4.55. The summed E-state index contributed by atoms with van der Waals surface area (Å²) in [4.78, 5) is 21.5. The van der Waals surface area contributed by atoms with Crippen LogP contribution in [-0.4, -0.2) is 45.9 Å². The zero-order chi connectivity index (χ0) is 21.2. The van der Waals surface area contributed by atoms with Crippen LogP contribution >= 0.6 is 12.6 Å². The van der Waals surface area contributed by atoms with Crippen molar-refractivity contribution in [1.29, 1.82) is 0 Å². The molecule has 1 unspecified atom stereocenters. The number of ether oxygens (including phenoxy) is 2. The minimum absolute atomic E-state index is 0.0159. The highest BCUT2D eigenvalue weighted by atomic mass is 32.1. The van der Waals surface area contributed by atoms with Crippen LogP contribution < -0.4 is 5.32 Å². The van der Waals surface area contributed by atoms with Gasteiger partial charge in [-0.25, -0.2) is 4.79 Å². The minimum atomic E-state index is -1.30. The number of nitro groups is 1. The molecule has 0 bridgehead atoms. The molecule has 0 radical (unpaired) electrons. The number of amides is 1. The summed E-state index contributed by atoms with van der Waals surface area (Å²) in [5.74, 6) is -3.24. The Hall–Kier alpha value is -1.98. The van der Waals surface area contributed by atoms with Gasteiger partial charge in [-0.2, -0.15) is 8.78 Å². The molecule has 1 saturated heterocycles. The predicted octanol–water partition coefficient (Wildman–Crippen LogP) is 2.57. The molecular formula is C17H22F2N2O6S. The van der Waals surface area contributed by atoms with Gasteiger partial charge in [-0.05, 0) is 44.9 Å². The average Bonchev–Trinajstić information content (AvgIpc) is 2.51. The van der Waals surface area contributed by atoms with E-state index in [9.17, 15) is 28.8 Å². The van der Waals surface area contributed by atoms with Crippen LogP contribution in [0.4, 0.5) is 19.3 Å². The maximum atomic E-state index is 13.8. The Morgan fingerprint density at radius 1 is 1.43 bits per heavy atom. The molecule has 1 aromatic carbocycles. The highest BCUT2D eigenvalue weighted by Crippen LogP contribution is 2.29. The molecule has 1 heterocycles. The normalized spacial score (nSPS) is 25.2. The second kappa shape index (κ2) is 8.58. The number of nitrogens with one attached hydrogen (secondary N) is 1. The summed E-state index contributed by atoms with van der Waals surface area (Å²) in [5, 5.41) is 23.8. The Bertz CT molecular complexity index is 735. The van der Waals surface area contributed by atoms with E-state index in [4.69, 9.17) is 9.47 Å². The highest BCUT2D eigenvalue weighted by molar-refractivity contribution is 7.80. The molecule has 2 rings (SSSR count). The van der Waals surface area contributed by atoms with Crippen molar-refractivity contribution in [3.63, 3.8) is 0 Å². The molecule has 0 spiro atoms. The number of nitrogens with zero attached hydrogens (tertiary/aromatic N) is 1. The van der Waals surface area contributed by atoms with Crippen LogP contribution in [0.2, 0.25) is 0 Å². The van der Waals surface area contributed by atoms with Crippen LogP contribution in [0, 0.1) is 27.7 Å². The maximum Gasteiger partial charge on any atom is 0.408 e. The molecule has 28 heavy (non-hydrogen) atoms. The topological polar surface area (TPSA) is 111 Å². The SMILES string of the molecule is CC(C)(C)OC(=O)N[C@H]1C(S)OC[C@H](Cc2cc(F)c([N+](=O)[O-])c(F)c2)[C@@H]1O. The number of alkyl carbamates (subject to hydrolysis) is 1. The molecule has 1 aliphatic rings. The zero-order valence-corrected chi connectivity index (χ0v) is 16.4. The summed E-state index contributed by atoms with van der Waals surface area (Å²) >= 11 is 4.19. The van der Waals surface area contributed by atoms with Crippen LogP contribution in [0.1, 0.15) is 26.3 Å². The Labute approximate surface area is 165 Å². The summed E-state index contributed by atoms with van der Waals surface area (Å²) in [6.45, 7) is 5.05. The molecule has 1 amide bonds. The molecule has 8 nitrogen and oxygen atoms in total. The van der Waals surface area contributed by atoms with Gasteiger partial charge >= 0.3 is 11.8 Å². The number of hydrogen-bond donors (Lipinski definition) is 3. The number of benzene rings is 1. The summed E-state index contributed by atoms with van der Waals surface area (Å²) < 4.78 is 38.2. The number of rotatable bonds is 4. The third kappa shape index (κ3) is 5.52. The van der Waals surface area contributed by atoms with Crippen LogP contribution in [0.5, 0.6) is 0 Å². The van der Waals surface area contributed by atoms with E-state index in [2.05, 4.69) is 17.9 Å². The van der Waals surface area contributed by atoms with Crippen molar-refractivity contribution >= 4 is 24.4 Å². The van der Waals surface area contributed by atoms with E-state index in [1.807, 2.05) is 0 Å². The monoisotopic (exact) mass is 420 g/mol. The van der Waals surface area contributed by atoms with Crippen molar-refractivity contribution < 1.29 is 33.1 Å². The number of carbonyl (C=O) groups is 1. The number of hydrogen-bond acceptors (Lipinski definition) is 7. The molecule has 1 fully saturated rings. The molecule has 0 aromatic heterocycles. The number of thiol groups is 1. The van der Waals surface area contributed by atoms with Crippen molar-refractivity contribution in [3.8, 4) is 0 Å². The quantitative estimate of drug-likeness (QED) is 0.392. The fraction of sp³-hybridized carbons (Fsp3) is 0.588. The Morgan fingerprint density at radius 2 is 2.00 bits per heavy atom. The molecule has 0 saturated carbocycles. The maximum absolute atomic E-state index is 13.8. The second-order valence-corrected chi connectivity index (χ2v) is 8.02. The number of halogens is 2. The Morgan fingerprint density at radius 3 is 2.50 bits per heavy atom. The second-order valence-electron chi connectivity index (χ2n) is 7.52. The van der Waals surface area contributed by atoms with Crippen molar-refractivity contribution in [3.05, 3.63) is 39.4 Å². The Balaban J connectivity index is 2.12. The van der Waals surface area contributed by atoms with Gasteiger partial charge in [-0.3, -0.25) is 10.1 Å². The fourth-order valence-electron chi connectivity index (χ4n) is 2.88. The van der Waals surface area contributed by atoms with E-state index in [0.717, 1.165) is 12.1 Å². The smallest absolute Gasteiger partial charge is 0.408 e. The first-order chi connectivity index (χ1) is 12.9. The van der Waals surface area contributed by atoms with Gasteiger partial charge in [0, 0.05) is 5.92 Å². The molecule has 4 atom stereocenters. The van der Waals surface area contributed by atoms with Gasteiger partial charge in [-0.1, -0.05) is 0 Å². The van der Waals surface area contributed by atoms with E-state index < -0.39 is 57.4 Å². The average molecular weight is 420 g/mol. The molecule has 2 N–H and O–H groups in total. The largest absolute Gasteiger partial charge is 0.444 e. The van der Waals surface area contributed by atoms with Gasteiger partial charge in [0.05, 0.1) is 23.7 Å². The van der Waals surface area contributed by atoms with Gasteiger partial charge < -0.3 is 19.9 Å². The molecule has 1 aromatic rings. The van der Waals surface area contributed by atoms with E-state index in [1.165, 1.54) is 0 Å². The van der Waals surface area contributed by atoms with Gasteiger partial charge in [0.1, 0.15) is 11.0 Å². The zero-order valence-electron chi connectivity index (χ0n) is 15.5. The molecular weight excluding hydrogens is 398 g/mol. The van der Waals surface area contributed by atoms with E-state index in [1.54, 1.807) is 20.8 Å². The lowest BCUT2D eigenvalue weighted by Gasteiger charge is -2.39. The van der Waals surface area contributed by atoms with Gasteiger partial charge in [-0.15, -0.1) is 12.6 Å². The summed E-state index contributed by atoms with van der Waals surface area (Å²) in [5.41, 5.74) is -2.68. The van der Waals surface area contributed by atoms with Gasteiger partial charge in [0.15, 0.2) is 0 Å². The first-order valence-corrected chi connectivity index (χ1v) is 9.00. The van der Waals surface area contributed by atoms with Crippen molar-refractivity contribution in [2.45, 2.75) is 50.4 Å². The van der Waals surface area contributed by atoms with Gasteiger partial charge in [0.2, 0.25) is 11.6 Å². The number of aliphatic hydroxyl groups excluding tert-OH is 1. The van der Waals surface area contributed by atoms with Crippen LogP contribution in [0.25, 0.3) is 0 Å². The number of nitro benzene ring substituents is 1. The molecule has 1 aliphatic heterocycles. The van der Waals surface area contributed by atoms with Crippen LogP contribution in [-0.2, 0) is 15.9 Å². The van der Waals surface area contributed by atoms with Crippen molar-refractivity contribution in [2.75, 3.05) is 6.61 Å². The highest BCUT2D eigenvalue weighted by Gasteiger charge is 2.40.